The van der Waals surface area contributed by atoms with Gasteiger partial charge in [-0.2, -0.15) is 13.2 Å². The first-order chi connectivity index (χ1) is 11.3. The molecule has 6 nitrogen and oxygen atoms in total. The summed E-state index contributed by atoms with van der Waals surface area (Å²) < 4.78 is 44.0. The van der Waals surface area contributed by atoms with Crippen LogP contribution in [-0.2, 0) is 11.2 Å². The van der Waals surface area contributed by atoms with Crippen LogP contribution < -0.4 is 0 Å². The van der Waals surface area contributed by atoms with Gasteiger partial charge < -0.3 is 9.72 Å². The van der Waals surface area contributed by atoms with Gasteiger partial charge in [0.25, 0.3) is 5.78 Å². The van der Waals surface area contributed by atoms with E-state index < -0.39 is 23.6 Å². The van der Waals surface area contributed by atoms with Gasteiger partial charge in [-0.05, 0) is 25.5 Å². The van der Waals surface area contributed by atoms with Gasteiger partial charge in [-0.1, -0.05) is 6.92 Å². The molecule has 1 N–H and O–H groups in total. The van der Waals surface area contributed by atoms with E-state index in [0.29, 0.717) is 12.2 Å². The third kappa shape index (κ3) is 3.50. The van der Waals surface area contributed by atoms with Crippen LogP contribution >= 0.6 is 0 Å². The number of carbonyl (C=O) groups excluding carboxylic acids is 2. The highest BCUT2D eigenvalue weighted by Crippen LogP contribution is 2.25. The Morgan fingerprint density at radius 1 is 1.33 bits per heavy atom. The van der Waals surface area contributed by atoms with Gasteiger partial charge in [0.1, 0.15) is 5.82 Å². The Balaban J connectivity index is 2.54. The Morgan fingerprint density at radius 2 is 2.04 bits per heavy atom. The summed E-state index contributed by atoms with van der Waals surface area (Å²) in [5, 5.41) is 0. The number of halogens is 3. The molecule has 9 heteroatoms. The van der Waals surface area contributed by atoms with Gasteiger partial charge in [0.2, 0.25) is 0 Å². The van der Waals surface area contributed by atoms with Crippen molar-refractivity contribution in [3.63, 3.8) is 0 Å². The third-order valence-electron chi connectivity index (χ3n) is 3.17. The van der Waals surface area contributed by atoms with E-state index in [9.17, 15) is 22.8 Å². The van der Waals surface area contributed by atoms with E-state index in [4.69, 9.17) is 4.74 Å². The van der Waals surface area contributed by atoms with Gasteiger partial charge in [-0.25, -0.2) is 9.78 Å². The largest absolute Gasteiger partial charge is 0.461 e. The third-order valence-corrected chi connectivity index (χ3v) is 3.17. The average Bonchev–Trinajstić information content (AvgIpc) is 3.12. The molecule has 0 atom stereocenters. The number of ether oxygens (including phenoxy) is 1. The molecule has 2 heterocycles. The maximum Gasteiger partial charge on any atom is 0.456 e. The Labute approximate surface area is 135 Å². The van der Waals surface area contributed by atoms with Crippen LogP contribution in [0.3, 0.4) is 0 Å². The number of ketones is 1. The lowest BCUT2D eigenvalue weighted by atomic mass is 10.2. The number of nitrogens with one attached hydrogen (secondary N) is 1. The fraction of sp³-hybridized carbons (Fsp3) is 0.400. The van der Waals surface area contributed by atoms with Crippen LogP contribution in [-0.4, -0.2) is 39.1 Å². The number of carbonyl (C=O) groups is 2. The van der Waals surface area contributed by atoms with Crippen molar-refractivity contribution in [3.05, 3.63) is 35.5 Å². The average molecular weight is 343 g/mol. The van der Waals surface area contributed by atoms with Crippen LogP contribution in [0, 0.1) is 0 Å². The van der Waals surface area contributed by atoms with E-state index in [1.54, 1.807) is 6.92 Å². The minimum atomic E-state index is -5.03. The van der Waals surface area contributed by atoms with Crippen molar-refractivity contribution in [1.82, 2.24) is 14.5 Å². The second-order valence-electron chi connectivity index (χ2n) is 4.94. The lowest BCUT2D eigenvalue weighted by Gasteiger charge is -2.09. The number of aromatic amines is 1. The van der Waals surface area contributed by atoms with Crippen molar-refractivity contribution >= 4 is 11.8 Å². The molecule has 130 valence electrons. The Kier molecular flexibility index (Phi) is 5.10. The number of hydrogen-bond donors (Lipinski definition) is 1. The van der Waals surface area contributed by atoms with Crippen molar-refractivity contribution in [2.24, 2.45) is 0 Å². The molecule has 2 aromatic heterocycles. The van der Waals surface area contributed by atoms with Crippen molar-refractivity contribution in [2.45, 2.75) is 32.9 Å². The molecule has 0 bridgehead atoms. The van der Waals surface area contributed by atoms with Gasteiger partial charge in [0.15, 0.2) is 11.5 Å². The minimum Gasteiger partial charge on any atom is -0.461 e. The maximum atomic E-state index is 12.7. The van der Waals surface area contributed by atoms with E-state index in [2.05, 4.69) is 9.97 Å². The van der Waals surface area contributed by atoms with Crippen LogP contribution in [0.5, 0.6) is 0 Å². The fourth-order valence-corrected chi connectivity index (χ4v) is 2.18. The number of nitrogens with zero attached hydrogens (tertiary/aromatic N) is 2. The Bertz CT molecular complexity index is 747. The van der Waals surface area contributed by atoms with Crippen LogP contribution in [0.15, 0.2) is 18.3 Å². The lowest BCUT2D eigenvalue weighted by Crippen LogP contribution is -2.25. The predicted octanol–water partition coefficient (Wildman–Crippen LogP) is 3.07. The second kappa shape index (κ2) is 6.90. The zero-order valence-corrected chi connectivity index (χ0v) is 13.1. The monoisotopic (exact) mass is 343 g/mol. The predicted molar refractivity (Wildman–Crippen MR) is 78.3 cm³/mol. The smallest absolute Gasteiger partial charge is 0.456 e. The molecule has 2 rings (SSSR count). The first-order valence-corrected chi connectivity index (χ1v) is 7.34. The molecule has 0 aromatic carbocycles. The molecule has 0 saturated carbocycles. The van der Waals surface area contributed by atoms with Gasteiger partial charge in [0.05, 0.1) is 12.3 Å². The summed E-state index contributed by atoms with van der Waals surface area (Å²) in [6, 6.07) is 2.31. The molecule has 0 radical (unpaired) electrons. The first kappa shape index (κ1) is 17.8. The minimum absolute atomic E-state index is 0.0884. The highest BCUT2D eigenvalue weighted by molar-refractivity contribution is 6.00. The van der Waals surface area contributed by atoms with E-state index in [1.165, 1.54) is 12.3 Å². The van der Waals surface area contributed by atoms with Crippen molar-refractivity contribution in [3.8, 4) is 5.82 Å². The van der Waals surface area contributed by atoms with E-state index in [-0.39, 0.29) is 18.1 Å². The van der Waals surface area contributed by atoms with E-state index in [0.717, 1.165) is 17.1 Å². The second-order valence-corrected chi connectivity index (χ2v) is 4.94. The molecule has 0 aliphatic rings. The van der Waals surface area contributed by atoms with Crippen molar-refractivity contribution < 1.29 is 27.5 Å². The molecule has 0 fully saturated rings. The first-order valence-electron chi connectivity index (χ1n) is 7.34. The molecule has 24 heavy (non-hydrogen) atoms. The van der Waals surface area contributed by atoms with Crippen molar-refractivity contribution in [2.75, 3.05) is 6.61 Å². The Hall–Kier alpha value is -2.58. The number of esters is 1. The topological polar surface area (TPSA) is 77.0 Å². The number of rotatable bonds is 6. The highest BCUT2D eigenvalue weighted by atomic mass is 19.4. The van der Waals surface area contributed by atoms with E-state index in [1.807, 2.05) is 6.92 Å². The summed E-state index contributed by atoms with van der Waals surface area (Å²) in [4.78, 5) is 30.5. The van der Waals surface area contributed by atoms with Crippen LogP contribution in [0.1, 0.15) is 47.1 Å². The molecular formula is C15H16F3N3O3. The number of imidazole rings is 1. The zero-order chi connectivity index (χ0) is 17.9. The van der Waals surface area contributed by atoms with Crippen molar-refractivity contribution in [1.29, 1.82) is 0 Å². The van der Waals surface area contributed by atoms with Gasteiger partial charge >= 0.3 is 12.1 Å². The molecular weight excluding hydrogens is 327 g/mol. The number of aromatic nitrogens is 3. The Morgan fingerprint density at radius 3 is 2.62 bits per heavy atom. The molecule has 0 aliphatic heterocycles. The normalized spacial score (nSPS) is 11.5. The molecule has 0 unspecified atom stereocenters. The number of H-pyrrole nitrogens is 1. The van der Waals surface area contributed by atoms with Gasteiger partial charge in [-0.15, -0.1) is 0 Å². The van der Waals surface area contributed by atoms with Gasteiger partial charge in [0, 0.05) is 12.6 Å². The molecule has 2 aromatic rings. The number of hydrogen-bond acceptors (Lipinski definition) is 4. The van der Waals surface area contributed by atoms with Crippen LogP contribution in [0.4, 0.5) is 13.2 Å². The maximum absolute atomic E-state index is 12.7. The van der Waals surface area contributed by atoms with Crippen LogP contribution in [0.2, 0.25) is 0 Å². The SMILES string of the molecule is CCCc1nc(-n2cccc2C(=O)C(F)(F)F)c(C(=O)OCC)[nH]1. The molecule has 0 aliphatic carbocycles. The quantitative estimate of drug-likeness (QED) is 0.646. The number of Topliss-reactive ketones (excluding diaryl/α,β-unsaturated/α-hetero) is 1. The summed E-state index contributed by atoms with van der Waals surface area (Å²) in [5.41, 5.74) is -0.713. The van der Waals surface area contributed by atoms with Crippen LogP contribution in [0.25, 0.3) is 5.82 Å². The molecule has 0 spiro atoms. The summed E-state index contributed by atoms with van der Waals surface area (Å²) in [7, 11) is 0. The summed E-state index contributed by atoms with van der Waals surface area (Å²) >= 11 is 0. The van der Waals surface area contributed by atoms with E-state index >= 15 is 0 Å². The standard InChI is InChI=1S/C15H16F3N3O3/c1-3-6-10-19-11(14(23)24-4-2)13(20-10)21-8-5-7-9(21)12(22)15(16,17)18/h5,7-8H,3-4,6H2,1-2H3,(H,19,20). The molecule has 0 amide bonds. The summed E-state index contributed by atoms with van der Waals surface area (Å²) in [5.74, 6) is -2.42. The number of aryl methyl sites for hydroxylation is 1. The van der Waals surface area contributed by atoms with Gasteiger partial charge in [-0.3, -0.25) is 9.36 Å². The zero-order valence-electron chi connectivity index (χ0n) is 13.1. The highest BCUT2D eigenvalue weighted by Gasteiger charge is 2.41. The fourth-order valence-electron chi connectivity index (χ4n) is 2.18. The number of alkyl halides is 3. The lowest BCUT2D eigenvalue weighted by molar-refractivity contribution is -0.0889. The summed E-state index contributed by atoms with van der Waals surface area (Å²) in [6.07, 6.45) is -2.57. The summed E-state index contributed by atoms with van der Waals surface area (Å²) in [6.45, 7) is 3.59. The molecule has 0 saturated heterocycles.